The summed E-state index contributed by atoms with van der Waals surface area (Å²) in [4.78, 5) is 17.2. The van der Waals surface area contributed by atoms with Crippen molar-refractivity contribution >= 4 is 46.6 Å². The molecule has 1 aliphatic carbocycles. The van der Waals surface area contributed by atoms with Crippen molar-refractivity contribution < 1.29 is 4.79 Å². The van der Waals surface area contributed by atoms with Gasteiger partial charge in [-0.25, -0.2) is 4.98 Å². The minimum Gasteiger partial charge on any atom is -0.298 e. The molecule has 0 radical (unpaired) electrons. The Labute approximate surface area is 125 Å². The molecule has 1 fully saturated rings. The monoisotopic (exact) mass is 310 g/mol. The number of carbonyl (C=O) groups is 1. The summed E-state index contributed by atoms with van der Waals surface area (Å²) in [5.41, 5.74) is 1.49. The van der Waals surface area contributed by atoms with E-state index in [9.17, 15) is 4.79 Å². The van der Waals surface area contributed by atoms with Crippen molar-refractivity contribution in [3.05, 3.63) is 39.9 Å². The molecule has 0 unspecified atom stereocenters. The molecule has 19 heavy (non-hydrogen) atoms. The molecule has 3 rings (SSSR count). The van der Waals surface area contributed by atoms with Gasteiger partial charge in [0.05, 0.1) is 16.3 Å². The number of thiazole rings is 1. The van der Waals surface area contributed by atoms with Crippen molar-refractivity contribution in [1.82, 2.24) is 4.98 Å². The summed E-state index contributed by atoms with van der Waals surface area (Å²) in [5.74, 6) is 0.337. The first kappa shape index (κ1) is 13.0. The van der Waals surface area contributed by atoms with Crippen LogP contribution in [0.25, 0.3) is 0 Å². The summed E-state index contributed by atoms with van der Waals surface area (Å²) in [5, 5.41) is 5.81. The molecule has 1 heterocycles. The summed E-state index contributed by atoms with van der Waals surface area (Å²) >= 11 is 11.7. The lowest BCUT2D eigenvalue weighted by Crippen LogP contribution is -2.12. The summed E-state index contributed by atoms with van der Waals surface area (Å²) in [6.07, 6.45) is 2.40. The second kappa shape index (κ2) is 5.15. The second-order valence-electron chi connectivity index (χ2n) is 4.47. The van der Waals surface area contributed by atoms with Gasteiger partial charge in [0, 0.05) is 16.2 Å². The second-order valence-corrected chi connectivity index (χ2v) is 6.25. The lowest BCUT2D eigenvalue weighted by atomic mass is 10.2. The number of aromatic nitrogens is 1. The molecular formula is C13H11ClN2OS2. The van der Waals surface area contributed by atoms with Gasteiger partial charge >= 0.3 is 0 Å². The highest BCUT2D eigenvalue weighted by Crippen LogP contribution is 2.40. The number of benzene rings is 1. The van der Waals surface area contributed by atoms with Crippen molar-refractivity contribution in [2.45, 2.75) is 23.7 Å². The number of rotatable bonds is 3. The molecule has 1 aliphatic rings. The number of hydrogen-bond acceptors (Lipinski definition) is 4. The number of nitrogens with one attached hydrogen (secondary N) is 1. The third-order valence-corrected chi connectivity index (χ3v) is 4.32. The molecule has 1 aromatic heterocycles. The van der Waals surface area contributed by atoms with Crippen LogP contribution in [-0.4, -0.2) is 10.9 Å². The highest BCUT2D eigenvalue weighted by atomic mass is 35.5. The standard InChI is InChI=1S/C13H11ClN2OS2/c14-10-4-3-8(18)5-9(10)12(17)16-13-15-11(6-19-13)7-1-2-7/h3-7,18H,1-2H2,(H,15,16,17). The summed E-state index contributed by atoms with van der Waals surface area (Å²) in [6.45, 7) is 0. The van der Waals surface area contributed by atoms with E-state index in [4.69, 9.17) is 11.6 Å². The minimum atomic E-state index is -0.252. The topological polar surface area (TPSA) is 42.0 Å². The van der Waals surface area contributed by atoms with Crippen LogP contribution in [0.15, 0.2) is 28.5 Å². The minimum absolute atomic E-state index is 0.252. The van der Waals surface area contributed by atoms with Gasteiger partial charge in [-0.15, -0.1) is 24.0 Å². The molecule has 98 valence electrons. The first-order valence-electron chi connectivity index (χ1n) is 5.89. The maximum atomic E-state index is 12.1. The highest BCUT2D eigenvalue weighted by Gasteiger charge is 2.26. The zero-order valence-electron chi connectivity index (χ0n) is 9.89. The van der Waals surface area contributed by atoms with E-state index in [0.717, 1.165) is 5.69 Å². The van der Waals surface area contributed by atoms with Gasteiger partial charge in [0.2, 0.25) is 0 Å². The van der Waals surface area contributed by atoms with Gasteiger partial charge in [0.15, 0.2) is 5.13 Å². The van der Waals surface area contributed by atoms with Gasteiger partial charge in [-0.3, -0.25) is 10.1 Å². The number of amides is 1. The zero-order valence-corrected chi connectivity index (χ0v) is 12.4. The van der Waals surface area contributed by atoms with Crippen molar-refractivity contribution in [3.8, 4) is 0 Å². The van der Waals surface area contributed by atoms with Crippen LogP contribution >= 0.6 is 35.6 Å². The predicted octanol–water partition coefficient (Wildman–Crippen LogP) is 4.21. The fraction of sp³-hybridized carbons (Fsp3) is 0.231. The van der Waals surface area contributed by atoms with E-state index in [1.165, 1.54) is 24.2 Å². The van der Waals surface area contributed by atoms with Gasteiger partial charge in [0.25, 0.3) is 5.91 Å². The quantitative estimate of drug-likeness (QED) is 0.834. The Balaban J connectivity index is 1.77. The Morgan fingerprint density at radius 3 is 3.00 bits per heavy atom. The predicted molar refractivity (Wildman–Crippen MR) is 80.7 cm³/mol. The van der Waals surface area contributed by atoms with Crippen LogP contribution in [0.5, 0.6) is 0 Å². The fourth-order valence-electron chi connectivity index (χ4n) is 1.76. The fourth-order valence-corrected chi connectivity index (χ4v) is 2.96. The van der Waals surface area contributed by atoms with Crippen LogP contribution in [0, 0.1) is 0 Å². The molecule has 3 nitrogen and oxygen atoms in total. The van der Waals surface area contributed by atoms with E-state index in [0.29, 0.717) is 26.5 Å². The first-order chi connectivity index (χ1) is 9.13. The molecule has 0 saturated heterocycles. The molecule has 2 aromatic rings. The van der Waals surface area contributed by atoms with E-state index in [1.807, 2.05) is 5.38 Å². The maximum absolute atomic E-state index is 12.1. The van der Waals surface area contributed by atoms with Crippen LogP contribution in [0.1, 0.15) is 34.8 Å². The number of carbonyl (C=O) groups excluding carboxylic acids is 1. The largest absolute Gasteiger partial charge is 0.298 e. The van der Waals surface area contributed by atoms with Gasteiger partial charge in [-0.2, -0.15) is 0 Å². The van der Waals surface area contributed by atoms with Crippen molar-refractivity contribution in [1.29, 1.82) is 0 Å². The van der Waals surface area contributed by atoms with Crippen molar-refractivity contribution in [2.75, 3.05) is 5.32 Å². The molecule has 0 bridgehead atoms. The maximum Gasteiger partial charge on any atom is 0.258 e. The molecule has 1 saturated carbocycles. The molecule has 1 N–H and O–H groups in total. The number of thiol groups is 1. The lowest BCUT2D eigenvalue weighted by Gasteiger charge is -2.04. The molecule has 0 aliphatic heterocycles. The van der Waals surface area contributed by atoms with E-state index in [-0.39, 0.29) is 5.91 Å². The zero-order chi connectivity index (χ0) is 13.4. The van der Waals surface area contributed by atoms with Crippen LogP contribution in [0.3, 0.4) is 0 Å². The van der Waals surface area contributed by atoms with Crippen LogP contribution in [0.2, 0.25) is 5.02 Å². The Bertz CT molecular complexity index is 637. The Kier molecular flexibility index (Phi) is 3.52. The van der Waals surface area contributed by atoms with Gasteiger partial charge in [-0.05, 0) is 31.0 Å². The SMILES string of the molecule is O=C(Nc1nc(C2CC2)cs1)c1cc(S)ccc1Cl. The molecule has 0 spiro atoms. The van der Waals surface area contributed by atoms with Crippen LogP contribution in [0.4, 0.5) is 5.13 Å². The Morgan fingerprint density at radius 2 is 2.26 bits per heavy atom. The van der Waals surface area contributed by atoms with E-state index in [1.54, 1.807) is 18.2 Å². The number of anilines is 1. The van der Waals surface area contributed by atoms with Gasteiger partial charge in [-0.1, -0.05) is 11.6 Å². The smallest absolute Gasteiger partial charge is 0.258 e. The molecular weight excluding hydrogens is 300 g/mol. The molecule has 1 amide bonds. The van der Waals surface area contributed by atoms with E-state index < -0.39 is 0 Å². The summed E-state index contributed by atoms with van der Waals surface area (Å²) < 4.78 is 0. The summed E-state index contributed by atoms with van der Waals surface area (Å²) in [7, 11) is 0. The van der Waals surface area contributed by atoms with Crippen molar-refractivity contribution in [3.63, 3.8) is 0 Å². The van der Waals surface area contributed by atoms with Gasteiger partial charge in [0.1, 0.15) is 0 Å². The average molecular weight is 311 g/mol. The summed E-state index contributed by atoms with van der Waals surface area (Å²) in [6, 6.07) is 5.06. The highest BCUT2D eigenvalue weighted by molar-refractivity contribution is 7.80. The number of hydrogen-bond donors (Lipinski definition) is 2. The average Bonchev–Trinajstić information content (AvgIpc) is 3.13. The lowest BCUT2D eigenvalue weighted by molar-refractivity contribution is 0.102. The normalized spacial score (nSPS) is 14.4. The van der Waals surface area contributed by atoms with Crippen LogP contribution in [-0.2, 0) is 0 Å². The first-order valence-corrected chi connectivity index (χ1v) is 7.59. The Morgan fingerprint density at radius 1 is 1.47 bits per heavy atom. The van der Waals surface area contributed by atoms with Crippen molar-refractivity contribution in [2.24, 2.45) is 0 Å². The van der Waals surface area contributed by atoms with E-state index >= 15 is 0 Å². The van der Waals surface area contributed by atoms with Crippen LogP contribution < -0.4 is 5.32 Å². The number of nitrogens with zero attached hydrogens (tertiary/aromatic N) is 1. The van der Waals surface area contributed by atoms with Gasteiger partial charge < -0.3 is 0 Å². The third-order valence-electron chi connectivity index (χ3n) is 2.93. The Hall–Kier alpha value is -1.04. The van der Waals surface area contributed by atoms with E-state index in [2.05, 4.69) is 22.9 Å². The number of halogens is 1. The molecule has 0 atom stereocenters. The third kappa shape index (κ3) is 2.94. The molecule has 6 heteroatoms. The molecule has 1 aromatic carbocycles.